The van der Waals surface area contributed by atoms with Crippen molar-refractivity contribution in [2.75, 3.05) is 20.3 Å². The van der Waals surface area contributed by atoms with Crippen LogP contribution in [-0.2, 0) is 22.3 Å². The molecule has 8 aromatic rings. The lowest BCUT2D eigenvalue weighted by Crippen LogP contribution is -2.55. The van der Waals surface area contributed by atoms with Crippen LogP contribution in [0.4, 0.5) is 0 Å². The maximum atomic E-state index is 11.0. The number of rotatable bonds is 11. The maximum Gasteiger partial charge on any atom is 0.369 e. The fourth-order valence-electron chi connectivity index (χ4n) is 8.56. The molecule has 0 radical (unpaired) electrons. The van der Waals surface area contributed by atoms with Crippen LogP contribution in [0.15, 0.2) is 106 Å². The molecule has 2 saturated heterocycles. The number of aromatic hydroxyl groups is 1. The Morgan fingerprint density at radius 2 is 0.986 bits per heavy atom. The van der Waals surface area contributed by atoms with Crippen molar-refractivity contribution < 1.29 is 69.0 Å². The molecule has 2 aliphatic heterocycles. The van der Waals surface area contributed by atoms with Crippen molar-refractivity contribution in [2.45, 2.75) is 73.9 Å². The smallest absolute Gasteiger partial charge is 0.369 e. The number of hydrogen-bond donors (Lipinski definition) is 9. The molecule has 0 saturated carbocycles. The number of ether oxygens (including phenoxy) is 3. The maximum absolute atomic E-state index is 11.0. The first-order valence-corrected chi connectivity index (χ1v) is 26.2. The summed E-state index contributed by atoms with van der Waals surface area (Å²) in [5.41, 5.74) is 2.45. The second kappa shape index (κ2) is 23.8. The third-order valence-electron chi connectivity index (χ3n) is 11.9. The number of nitrogens with zero attached hydrogens (tertiary/aromatic N) is 4. The van der Waals surface area contributed by atoms with Crippen molar-refractivity contribution in [1.29, 1.82) is 0 Å². The molecule has 2 fully saturated rings. The number of aliphatic hydroxyl groups is 8. The molecule has 24 heteroatoms. The molecule has 374 valence electrons. The normalized spacial score (nSPS) is 24.2. The summed E-state index contributed by atoms with van der Waals surface area (Å²) in [6, 6.07) is 25.3. The van der Waals surface area contributed by atoms with Crippen molar-refractivity contribution in [3.63, 3.8) is 0 Å². The Morgan fingerprint density at radius 1 is 0.563 bits per heavy atom. The summed E-state index contributed by atoms with van der Waals surface area (Å²) >= 11 is 12.0. The largest absolute Gasteiger partial charge is 0.507 e. The predicted octanol–water partition coefficient (Wildman–Crippen LogP) is 5.98. The van der Waals surface area contributed by atoms with Crippen molar-refractivity contribution in [3.05, 3.63) is 130 Å². The fraction of sp³-hybridized carbons (Fsp3) is 0.319. The van der Waals surface area contributed by atoms with E-state index >= 15 is 0 Å². The van der Waals surface area contributed by atoms with Crippen LogP contribution >= 0.6 is 69.9 Å². The van der Waals surface area contributed by atoms with E-state index in [2.05, 4.69) is 67.7 Å². The Morgan fingerprint density at radius 3 is 1.42 bits per heavy atom. The van der Waals surface area contributed by atoms with E-state index in [0.717, 1.165) is 21.3 Å². The van der Waals surface area contributed by atoms with Crippen molar-refractivity contribution in [1.82, 2.24) is 20.4 Å². The number of halogens is 3. The van der Waals surface area contributed by atoms with Gasteiger partial charge in [-0.1, -0.05) is 71.2 Å². The molecule has 71 heavy (non-hydrogen) atoms. The Hall–Kier alpha value is -4.22. The van der Waals surface area contributed by atoms with Gasteiger partial charge in [0, 0.05) is 34.7 Å². The minimum absolute atomic E-state index is 0.0636. The molecule has 0 unspecified atom stereocenters. The standard InChI is InChI=1S/C24H24N2O7S.C23H22N2O7S.BBr3/c1-31-22-12(10-18-25-26-24(34-18)16-7-4-8-32-16)9-15(13-5-2-3-6-14(13)22)23-21(30)20(29)19(28)17(11-27)33-23;26-10-16-19(28)20(29)21(30)22(32-16)14-8-11(18(27)13-5-2-1-4-12(13)14)9-17-24-25-23(33-17)15-6-3-7-31-15;2-1(3)4/h2-9,17,19-21,23,27-30H,10-11H2,1H3;1-8,16,19-22,26-30H,9-10H2;/t17-,19-,20+,21-,23+;16-,19-,20+,21-,22+;/m11./s1. The van der Waals surface area contributed by atoms with Gasteiger partial charge in [-0.25, -0.2) is 0 Å². The van der Waals surface area contributed by atoms with E-state index in [1.54, 1.807) is 68.2 Å². The molecular formula is C47H46BBr3N4O14S2. The number of aliphatic hydroxyl groups excluding tert-OH is 8. The van der Waals surface area contributed by atoms with Crippen LogP contribution < -0.4 is 4.74 Å². The third kappa shape index (κ3) is 11.6. The number of benzene rings is 4. The van der Waals surface area contributed by atoms with Crippen LogP contribution in [0.2, 0.25) is 0 Å². The molecule has 0 spiro atoms. The third-order valence-corrected chi connectivity index (χ3v) is 13.8. The average molecular weight is 1210 g/mol. The summed E-state index contributed by atoms with van der Waals surface area (Å²) in [4.78, 5) is 0. The van der Waals surface area contributed by atoms with Crippen LogP contribution in [-0.4, -0.2) is 139 Å². The zero-order chi connectivity index (χ0) is 50.5. The number of phenols is 1. The number of phenolic OH excluding ortho intramolecular Hbond substituents is 1. The Balaban J connectivity index is 0.000000177. The Kier molecular flexibility index (Phi) is 17.8. The van der Waals surface area contributed by atoms with E-state index in [-0.39, 0.29) is 15.4 Å². The highest BCUT2D eigenvalue weighted by Gasteiger charge is 2.46. The van der Waals surface area contributed by atoms with Crippen molar-refractivity contribution in [2.24, 2.45) is 0 Å². The quantitative estimate of drug-likeness (QED) is 0.0673. The molecule has 2 aliphatic rings. The van der Waals surface area contributed by atoms with Gasteiger partial charge in [0.2, 0.25) is 0 Å². The number of fused-ring (bicyclic) bond motifs is 2. The molecule has 6 heterocycles. The van der Waals surface area contributed by atoms with Crippen LogP contribution in [0.25, 0.3) is 43.1 Å². The summed E-state index contributed by atoms with van der Waals surface area (Å²) in [7, 11) is 1.59. The average Bonchev–Trinajstić information content (AvgIpc) is 4.24. The summed E-state index contributed by atoms with van der Waals surface area (Å²) in [6.45, 7) is -1.02. The number of aromatic nitrogens is 4. The topological polar surface area (TPSA) is 288 Å². The van der Waals surface area contributed by atoms with Gasteiger partial charge >= 0.3 is 3.18 Å². The highest BCUT2D eigenvalue weighted by molar-refractivity contribution is 9.69. The lowest BCUT2D eigenvalue weighted by Gasteiger charge is -2.40. The summed E-state index contributed by atoms with van der Waals surface area (Å²) in [5, 5.41) is 115. The van der Waals surface area contributed by atoms with Crippen molar-refractivity contribution in [3.8, 4) is 33.0 Å². The fourth-order valence-corrected chi connectivity index (χ4v) is 10.2. The minimum Gasteiger partial charge on any atom is -0.507 e. The molecule has 4 aromatic carbocycles. The van der Waals surface area contributed by atoms with E-state index in [0.29, 0.717) is 66.2 Å². The highest BCUT2D eigenvalue weighted by atomic mass is 79.9. The van der Waals surface area contributed by atoms with Gasteiger partial charge in [0.15, 0.2) is 21.5 Å². The van der Waals surface area contributed by atoms with Crippen molar-refractivity contribution >= 4 is 94.7 Å². The van der Waals surface area contributed by atoms with E-state index < -0.39 is 74.3 Å². The molecule has 18 nitrogen and oxygen atoms in total. The van der Waals surface area contributed by atoms with E-state index in [9.17, 15) is 46.0 Å². The van der Waals surface area contributed by atoms with E-state index in [1.165, 1.54) is 22.7 Å². The lowest BCUT2D eigenvalue weighted by atomic mass is 9.87. The van der Waals surface area contributed by atoms with Gasteiger partial charge < -0.3 is 69.0 Å². The summed E-state index contributed by atoms with van der Waals surface area (Å²) in [6.07, 6.45) is -8.94. The van der Waals surface area contributed by atoms with Gasteiger partial charge in [-0.15, -0.1) is 67.7 Å². The van der Waals surface area contributed by atoms with Gasteiger partial charge in [0.1, 0.15) is 82.6 Å². The van der Waals surface area contributed by atoms with Gasteiger partial charge in [-0.3, -0.25) is 0 Å². The van der Waals surface area contributed by atoms with Gasteiger partial charge in [0.05, 0.1) is 32.8 Å². The highest BCUT2D eigenvalue weighted by Crippen LogP contribution is 2.43. The monoisotopic (exact) mass is 1200 g/mol. The molecule has 4 aromatic heterocycles. The van der Waals surface area contributed by atoms with Crippen LogP contribution in [0.1, 0.15) is 44.5 Å². The van der Waals surface area contributed by atoms with Crippen LogP contribution in [0.5, 0.6) is 11.5 Å². The first kappa shape index (κ1) is 53.1. The second-order valence-corrected chi connectivity index (χ2v) is 24.8. The Labute approximate surface area is 438 Å². The minimum atomic E-state index is -1.50. The SMILES string of the molecule is BrB(Br)Br.COc1c(Cc2nnc(-c3ccco3)s2)cc([C@@H]2O[C@H](CO)[C@@H](O)[C@H](O)[C@H]2O)c2ccccc12.OC[C@H]1O[C@@H](c2cc(Cc3nnc(-c4ccco4)s3)c(O)c3ccccc23)[C@H](O)[C@@H](O)[C@@H]1O. The van der Waals surface area contributed by atoms with Crippen LogP contribution in [0, 0.1) is 0 Å². The zero-order valence-electron chi connectivity index (χ0n) is 37.2. The number of methoxy groups -OCH3 is 1. The Bertz CT molecular complexity index is 3000. The molecule has 10 rings (SSSR count). The van der Waals surface area contributed by atoms with E-state index in [4.69, 9.17) is 23.0 Å². The molecule has 0 amide bonds. The summed E-state index contributed by atoms with van der Waals surface area (Å²) < 4.78 is 28.5. The van der Waals surface area contributed by atoms with Gasteiger partial charge in [0.25, 0.3) is 0 Å². The molecule has 9 N–H and O–H groups in total. The number of furan rings is 2. The molecular weight excluding hydrogens is 1160 g/mol. The second-order valence-electron chi connectivity index (χ2n) is 16.3. The van der Waals surface area contributed by atoms with E-state index in [1.807, 2.05) is 36.4 Å². The zero-order valence-corrected chi connectivity index (χ0v) is 43.6. The first-order chi connectivity index (χ1) is 34.2. The van der Waals surface area contributed by atoms with Gasteiger partial charge in [-0.2, -0.15) is 0 Å². The molecule has 0 bridgehead atoms. The summed E-state index contributed by atoms with van der Waals surface area (Å²) in [5.74, 6) is 1.95. The molecule has 10 atom stereocenters. The van der Waals surface area contributed by atoms with Crippen LogP contribution in [0.3, 0.4) is 0 Å². The molecule has 0 aliphatic carbocycles. The number of hydrogen-bond acceptors (Lipinski definition) is 20. The van der Waals surface area contributed by atoms with Gasteiger partial charge in [-0.05, 0) is 58.3 Å². The lowest BCUT2D eigenvalue weighted by molar-refractivity contribution is -0.231. The first-order valence-electron chi connectivity index (χ1n) is 21.8. The predicted molar refractivity (Wildman–Crippen MR) is 275 cm³/mol.